The minimum absolute atomic E-state index is 0.217. The summed E-state index contributed by atoms with van der Waals surface area (Å²) in [5.74, 6) is -0.217. The summed E-state index contributed by atoms with van der Waals surface area (Å²) in [5.41, 5.74) is 0.364. The van der Waals surface area contributed by atoms with Crippen LogP contribution in [0.4, 0.5) is 4.79 Å². The lowest BCUT2D eigenvalue weighted by Gasteiger charge is -2.25. The number of rotatable bonds is 8. The number of hydrogen-bond acceptors (Lipinski definition) is 4. The van der Waals surface area contributed by atoms with Gasteiger partial charge in [0.1, 0.15) is 11.6 Å². The smallest absolute Gasteiger partial charge is 0.408 e. The van der Waals surface area contributed by atoms with Gasteiger partial charge in [-0.15, -0.1) is 11.3 Å². The number of ether oxygens (including phenoxy) is 1. The van der Waals surface area contributed by atoms with Gasteiger partial charge in [-0.05, 0) is 56.3 Å². The van der Waals surface area contributed by atoms with Crippen molar-refractivity contribution in [1.29, 1.82) is 0 Å². The summed E-state index contributed by atoms with van der Waals surface area (Å²) in [5, 5.41) is 7.85. The monoisotopic (exact) mass is 480 g/mol. The summed E-state index contributed by atoms with van der Waals surface area (Å²) in [6, 6.07) is 10.9. The maximum Gasteiger partial charge on any atom is 0.408 e. The third-order valence-electron chi connectivity index (χ3n) is 4.17. The standard InChI is InChI=1S/C22H29BrN2O3S/c1-5-6-8-17(24-21(27)28-22(2,3)4)20(26)25-19(18-9-7-14-29-18)15-10-12-16(23)13-11-15/h7,9-14,17,19H,5-6,8H2,1-4H3,(H,24,27)(H,25,26)/t17-,19-/m0/s1. The number of halogens is 1. The first-order valence-corrected chi connectivity index (χ1v) is 11.5. The predicted octanol–water partition coefficient (Wildman–Crippen LogP) is 5.80. The molecule has 7 heteroatoms. The van der Waals surface area contributed by atoms with Gasteiger partial charge in [0.2, 0.25) is 5.91 Å². The van der Waals surface area contributed by atoms with Crippen molar-refractivity contribution in [3.8, 4) is 0 Å². The zero-order chi connectivity index (χ0) is 21.4. The molecule has 29 heavy (non-hydrogen) atoms. The second kappa shape index (κ2) is 10.8. The van der Waals surface area contributed by atoms with Gasteiger partial charge in [0.25, 0.3) is 0 Å². The van der Waals surface area contributed by atoms with Crippen molar-refractivity contribution < 1.29 is 14.3 Å². The van der Waals surface area contributed by atoms with E-state index in [0.717, 1.165) is 27.8 Å². The van der Waals surface area contributed by atoms with Crippen molar-refractivity contribution in [3.05, 3.63) is 56.7 Å². The van der Waals surface area contributed by atoms with Crippen LogP contribution in [-0.4, -0.2) is 23.6 Å². The first-order chi connectivity index (χ1) is 13.7. The summed E-state index contributed by atoms with van der Waals surface area (Å²) in [6.45, 7) is 7.45. The molecule has 0 aliphatic rings. The van der Waals surface area contributed by atoms with E-state index in [9.17, 15) is 9.59 Å². The number of amides is 2. The fourth-order valence-electron chi connectivity index (χ4n) is 2.80. The maximum absolute atomic E-state index is 13.1. The van der Waals surface area contributed by atoms with Gasteiger partial charge in [0, 0.05) is 9.35 Å². The van der Waals surface area contributed by atoms with Gasteiger partial charge in [-0.2, -0.15) is 0 Å². The Morgan fingerprint density at radius 1 is 1.14 bits per heavy atom. The number of hydrogen-bond donors (Lipinski definition) is 2. The Bertz CT molecular complexity index is 785. The average Bonchev–Trinajstić information content (AvgIpc) is 3.16. The molecule has 0 saturated heterocycles. The molecule has 0 spiro atoms. The van der Waals surface area contributed by atoms with Crippen molar-refractivity contribution in [1.82, 2.24) is 10.6 Å². The lowest BCUT2D eigenvalue weighted by molar-refractivity contribution is -0.123. The Morgan fingerprint density at radius 2 is 1.83 bits per heavy atom. The van der Waals surface area contributed by atoms with Crippen molar-refractivity contribution in [2.45, 2.75) is 64.6 Å². The molecular weight excluding hydrogens is 452 g/mol. The lowest BCUT2D eigenvalue weighted by atomic mass is 10.0. The van der Waals surface area contributed by atoms with E-state index in [4.69, 9.17) is 4.74 Å². The highest BCUT2D eigenvalue weighted by atomic mass is 79.9. The fraction of sp³-hybridized carbons (Fsp3) is 0.455. The zero-order valence-electron chi connectivity index (χ0n) is 17.3. The predicted molar refractivity (Wildman–Crippen MR) is 121 cm³/mol. The molecule has 0 fully saturated rings. The van der Waals surface area contributed by atoms with E-state index in [1.807, 2.05) is 41.8 Å². The molecule has 2 atom stereocenters. The number of alkyl carbamates (subject to hydrolysis) is 1. The third kappa shape index (κ3) is 7.82. The number of carbonyl (C=O) groups excluding carboxylic acids is 2. The van der Waals surface area contributed by atoms with Crippen LogP contribution in [0.25, 0.3) is 0 Å². The van der Waals surface area contributed by atoms with Crippen LogP contribution in [0.15, 0.2) is 46.3 Å². The molecule has 0 saturated carbocycles. The summed E-state index contributed by atoms with van der Waals surface area (Å²) in [7, 11) is 0. The Balaban J connectivity index is 2.18. The van der Waals surface area contributed by atoms with E-state index >= 15 is 0 Å². The second-order valence-corrected chi connectivity index (χ2v) is 9.74. The number of carbonyl (C=O) groups is 2. The summed E-state index contributed by atoms with van der Waals surface area (Å²) < 4.78 is 6.32. The van der Waals surface area contributed by atoms with Crippen molar-refractivity contribution in [2.75, 3.05) is 0 Å². The number of unbranched alkanes of at least 4 members (excludes halogenated alkanes) is 1. The van der Waals surface area contributed by atoms with Gasteiger partial charge in [0.05, 0.1) is 6.04 Å². The first kappa shape index (κ1) is 23.4. The topological polar surface area (TPSA) is 67.4 Å². The van der Waals surface area contributed by atoms with E-state index in [1.165, 1.54) is 0 Å². The summed E-state index contributed by atoms with van der Waals surface area (Å²) in [4.78, 5) is 26.4. The third-order valence-corrected chi connectivity index (χ3v) is 5.64. The summed E-state index contributed by atoms with van der Waals surface area (Å²) in [6.07, 6.45) is 1.74. The zero-order valence-corrected chi connectivity index (χ0v) is 19.7. The van der Waals surface area contributed by atoms with E-state index < -0.39 is 17.7 Å². The van der Waals surface area contributed by atoms with Crippen LogP contribution >= 0.6 is 27.3 Å². The Hall–Kier alpha value is -1.86. The molecule has 0 bridgehead atoms. The van der Waals surface area contributed by atoms with Crippen LogP contribution in [0.1, 0.15) is 63.4 Å². The summed E-state index contributed by atoms with van der Waals surface area (Å²) >= 11 is 5.04. The molecule has 2 aromatic rings. The highest BCUT2D eigenvalue weighted by Crippen LogP contribution is 2.27. The van der Waals surface area contributed by atoms with Gasteiger partial charge < -0.3 is 15.4 Å². The van der Waals surface area contributed by atoms with Crippen LogP contribution in [0.5, 0.6) is 0 Å². The Labute approximate surface area is 185 Å². The van der Waals surface area contributed by atoms with Crippen molar-refractivity contribution in [2.24, 2.45) is 0 Å². The molecule has 0 radical (unpaired) electrons. The normalized spacial score (nSPS) is 13.4. The van der Waals surface area contributed by atoms with Gasteiger partial charge in [0.15, 0.2) is 0 Å². The van der Waals surface area contributed by atoms with E-state index in [2.05, 4.69) is 33.5 Å². The molecule has 1 heterocycles. The van der Waals surface area contributed by atoms with Crippen LogP contribution in [0.3, 0.4) is 0 Å². The van der Waals surface area contributed by atoms with Gasteiger partial charge in [-0.3, -0.25) is 4.79 Å². The van der Waals surface area contributed by atoms with Gasteiger partial charge >= 0.3 is 6.09 Å². The minimum Gasteiger partial charge on any atom is -0.444 e. The Kier molecular flexibility index (Phi) is 8.71. The quantitative estimate of drug-likeness (QED) is 0.501. The largest absolute Gasteiger partial charge is 0.444 e. The maximum atomic E-state index is 13.1. The van der Waals surface area contributed by atoms with Gasteiger partial charge in [-0.1, -0.05) is 53.9 Å². The highest BCUT2D eigenvalue weighted by Gasteiger charge is 2.27. The number of nitrogens with one attached hydrogen (secondary N) is 2. The van der Waals surface area contributed by atoms with E-state index in [-0.39, 0.29) is 11.9 Å². The molecule has 158 valence electrons. The Morgan fingerprint density at radius 3 is 2.38 bits per heavy atom. The molecule has 0 aliphatic carbocycles. The van der Waals surface area contributed by atoms with Crippen LogP contribution in [0.2, 0.25) is 0 Å². The first-order valence-electron chi connectivity index (χ1n) is 9.78. The second-order valence-electron chi connectivity index (χ2n) is 7.85. The van der Waals surface area contributed by atoms with Crippen molar-refractivity contribution >= 4 is 39.3 Å². The van der Waals surface area contributed by atoms with E-state index in [1.54, 1.807) is 32.1 Å². The van der Waals surface area contributed by atoms with Crippen LogP contribution in [0, 0.1) is 0 Å². The molecule has 0 aliphatic heterocycles. The minimum atomic E-state index is -0.650. The van der Waals surface area contributed by atoms with E-state index in [0.29, 0.717) is 6.42 Å². The molecule has 5 nitrogen and oxygen atoms in total. The van der Waals surface area contributed by atoms with Gasteiger partial charge in [-0.25, -0.2) is 4.79 Å². The molecular formula is C22H29BrN2O3S. The molecule has 1 aromatic carbocycles. The fourth-order valence-corrected chi connectivity index (χ4v) is 3.87. The molecule has 2 N–H and O–H groups in total. The highest BCUT2D eigenvalue weighted by molar-refractivity contribution is 9.10. The molecule has 0 unspecified atom stereocenters. The molecule has 1 aromatic heterocycles. The van der Waals surface area contributed by atoms with Crippen LogP contribution in [-0.2, 0) is 9.53 Å². The van der Waals surface area contributed by atoms with Crippen molar-refractivity contribution in [3.63, 3.8) is 0 Å². The SMILES string of the molecule is CCCC[C@H](NC(=O)OC(C)(C)C)C(=O)N[C@@H](c1ccc(Br)cc1)c1cccs1. The molecule has 2 amide bonds. The lowest BCUT2D eigenvalue weighted by Crippen LogP contribution is -2.49. The average molecular weight is 481 g/mol. The molecule has 2 rings (SSSR count). The van der Waals surface area contributed by atoms with Crippen LogP contribution < -0.4 is 10.6 Å². The number of thiophene rings is 1. The number of benzene rings is 1.